The Morgan fingerprint density at radius 3 is 2.71 bits per heavy atom. The predicted octanol–water partition coefficient (Wildman–Crippen LogP) is 6.13. The molecular weight excluding hydrogens is 376 g/mol. The molecule has 0 unspecified atom stereocenters. The lowest BCUT2D eigenvalue weighted by Crippen LogP contribution is -2.00. The van der Waals surface area contributed by atoms with Crippen molar-refractivity contribution >= 4 is 44.3 Å². The zero-order valence-corrected chi connectivity index (χ0v) is 13.9. The van der Waals surface area contributed by atoms with Crippen molar-refractivity contribution in [1.29, 1.82) is 0 Å². The first kappa shape index (κ1) is 14.7. The molecule has 0 saturated heterocycles. The fraction of sp³-hybridized carbons (Fsp3) is 0.0667. The van der Waals surface area contributed by atoms with E-state index in [0.29, 0.717) is 6.54 Å². The van der Waals surface area contributed by atoms with E-state index in [1.54, 1.807) is 22.7 Å². The van der Waals surface area contributed by atoms with Gasteiger partial charge < -0.3 is 5.32 Å². The molecule has 0 aliphatic rings. The highest BCUT2D eigenvalue weighted by Gasteiger charge is 2.09. The first-order valence-electron chi connectivity index (χ1n) is 6.13. The van der Waals surface area contributed by atoms with Gasteiger partial charge in [-0.3, -0.25) is 0 Å². The summed E-state index contributed by atoms with van der Waals surface area (Å²) in [5, 5.41) is 7.04. The number of hydrogen-bond donors (Lipinski definition) is 1. The number of thiophene rings is 2. The summed E-state index contributed by atoms with van der Waals surface area (Å²) < 4.78 is 27.3. The minimum Gasteiger partial charge on any atom is -0.378 e. The average molecular weight is 386 g/mol. The Kier molecular flexibility index (Phi) is 4.37. The van der Waals surface area contributed by atoms with Gasteiger partial charge in [0.2, 0.25) is 0 Å². The minimum absolute atomic E-state index is 0.127. The third-order valence-electron chi connectivity index (χ3n) is 2.92. The highest BCUT2D eigenvalue weighted by Crippen LogP contribution is 2.30. The first-order chi connectivity index (χ1) is 10.1. The second kappa shape index (κ2) is 6.25. The van der Waals surface area contributed by atoms with E-state index in [0.717, 1.165) is 22.6 Å². The van der Waals surface area contributed by atoms with Crippen molar-refractivity contribution < 1.29 is 8.78 Å². The quantitative estimate of drug-likeness (QED) is 0.532. The van der Waals surface area contributed by atoms with E-state index in [1.807, 2.05) is 11.4 Å². The third-order valence-corrected chi connectivity index (χ3v) is 5.39. The molecule has 0 saturated carbocycles. The zero-order chi connectivity index (χ0) is 14.8. The topological polar surface area (TPSA) is 12.0 Å². The summed E-state index contributed by atoms with van der Waals surface area (Å²) in [5.74, 6) is -0.956. The molecule has 21 heavy (non-hydrogen) atoms. The van der Waals surface area contributed by atoms with Crippen molar-refractivity contribution in [3.8, 4) is 10.4 Å². The van der Waals surface area contributed by atoms with E-state index < -0.39 is 11.6 Å². The van der Waals surface area contributed by atoms with Crippen LogP contribution in [0.25, 0.3) is 10.4 Å². The molecule has 2 aromatic heterocycles. The van der Waals surface area contributed by atoms with E-state index in [2.05, 4.69) is 38.8 Å². The molecule has 0 spiro atoms. The number of halogens is 3. The lowest BCUT2D eigenvalue weighted by atomic mass is 10.2. The fourth-order valence-corrected chi connectivity index (χ4v) is 3.81. The van der Waals surface area contributed by atoms with Crippen molar-refractivity contribution in [1.82, 2.24) is 0 Å². The van der Waals surface area contributed by atoms with Gasteiger partial charge in [-0.2, -0.15) is 0 Å². The molecule has 0 radical (unpaired) electrons. The van der Waals surface area contributed by atoms with Gasteiger partial charge in [0.05, 0.1) is 10.2 Å². The van der Waals surface area contributed by atoms with E-state index in [4.69, 9.17) is 0 Å². The Labute approximate surface area is 137 Å². The molecule has 6 heteroatoms. The van der Waals surface area contributed by atoms with Crippen LogP contribution in [0.2, 0.25) is 0 Å². The van der Waals surface area contributed by atoms with Crippen molar-refractivity contribution in [3.63, 3.8) is 0 Å². The van der Waals surface area contributed by atoms with Gasteiger partial charge in [-0.1, -0.05) is 6.07 Å². The Hall–Kier alpha value is -1.24. The van der Waals surface area contributed by atoms with Gasteiger partial charge in [-0.05, 0) is 44.9 Å². The predicted molar refractivity (Wildman–Crippen MR) is 89.0 cm³/mol. The van der Waals surface area contributed by atoms with Crippen LogP contribution in [0.1, 0.15) is 4.88 Å². The monoisotopic (exact) mass is 385 g/mol. The molecule has 0 aliphatic carbocycles. The smallest absolute Gasteiger partial charge is 0.147 e. The minimum atomic E-state index is -0.482. The summed E-state index contributed by atoms with van der Waals surface area (Å²) in [6.07, 6.45) is 0. The fourth-order valence-electron chi connectivity index (χ4n) is 1.89. The van der Waals surface area contributed by atoms with Crippen LogP contribution in [-0.4, -0.2) is 0 Å². The lowest BCUT2D eigenvalue weighted by molar-refractivity contribution is 0.596. The number of hydrogen-bond acceptors (Lipinski definition) is 3. The molecular formula is C15H10BrF2NS2. The standard InChI is InChI=1S/C15H10BrF2NS2/c16-11-5-13(18)14(6-12(11)17)19-7-10-4-9(8-21-10)15-2-1-3-20-15/h1-6,8,19H,7H2. The lowest BCUT2D eigenvalue weighted by Gasteiger charge is -2.07. The Morgan fingerprint density at radius 1 is 1.10 bits per heavy atom. The molecule has 0 aliphatic heterocycles. The SMILES string of the molecule is Fc1cc(NCc2cc(-c3cccs3)cs2)c(F)cc1Br. The number of anilines is 1. The Balaban J connectivity index is 1.72. The van der Waals surface area contributed by atoms with E-state index in [-0.39, 0.29) is 10.2 Å². The molecule has 0 bridgehead atoms. The Morgan fingerprint density at radius 2 is 1.95 bits per heavy atom. The van der Waals surface area contributed by atoms with Crippen LogP contribution in [0.3, 0.4) is 0 Å². The van der Waals surface area contributed by atoms with Gasteiger partial charge in [0.1, 0.15) is 11.6 Å². The molecule has 1 aromatic carbocycles. The molecule has 1 N–H and O–H groups in total. The highest BCUT2D eigenvalue weighted by molar-refractivity contribution is 9.10. The van der Waals surface area contributed by atoms with Crippen LogP contribution in [0.15, 0.2) is 45.6 Å². The largest absolute Gasteiger partial charge is 0.378 e. The summed E-state index contributed by atoms with van der Waals surface area (Å²) in [6, 6.07) is 8.43. The number of benzene rings is 1. The summed E-state index contributed by atoms with van der Waals surface area (Å²) >= 11 is 6.24. The normalized spacial score (nSPS) is 10.8. The molecule has 3 rings (SSSR count). The summed E-state index contributed by atoms with van der Waals surface area (Å²) in [7, 11) is 0. The van der Waals surface area contributed by atoms with Crippen LogP contribution in [0.4, 0.5) is 14.5 Å². The van der Waals surface area contributed by atoms with Gasteiger partial charge in [0, 0.05) is 27.9 Å². The molecule has 3 aromatic rings. The van der Waals surface area contributed by atoms with Crippen LogP contribution in [-0.2, 0) is 6.54 Å². The molecule has 0 amide bonds. The van der Waals surface area contributed by atoms with Crippen molar-refractivity contribution in [3.05, 3.63) is 62.1 Å². The van der Waals surface area contributed by atoms with E-state index in [9.17, 15) is 8.78 Å². The third kappa shape index (κ3) is 3.33. The van der Waals surface area contributed by atoms with Gasteiger partial charge in [0.25, 0.3) is 0 Å². The maximum absolute atomic E-state index is 13.7. The Bertz CT molecular complexity index is 753. The highest BCUT2D eigenvalue weighted by atomic mass is 79.9. The van der Waals surface area contributed by atoms with E-state index in [1.165, 1.54) is 4.88 Å². The van der Waals surface area contributed by atoms with Gasteiger partial charge in [0.15, 0.2) is 0 Å². The molecule has 108 valence electrons. The van der Waals surface area contributed by atoms with Crippen LogP contribution in [0, 0.1) is 11.6 Å². The zero-order valence-electron chi connectivity index (χ0n) is 10.7. The molecule has 1 nitrogen and oxygen atoms in total. The molecule has 0 fully saturated rings. The summed E-state index contributed by atoms with van der Waals surface area (Å²) in [4.78, 5) is 2.28. The van der Waals surface area contributed by atoms with Crippen molar-refractivity contribution in [2.75, 3.05) is 5.32 Å². The molecule has 0 atom stereocenters. The average Bonchev–Trinajstić information content (AvgIpc) is 3.11. The maximum Gasteiger partial charge on any atom is 0.147 e. The summed E-state index contributed by atoms with van der Waals surface area (Å²) in [6.45, 7) is 0.466. The second-order valence-electron chi connectivity index (χ2n) is 4.38. The maximum atomic E-state index is 13.7. The van der Waals surface area contributed by atoms with Crippen molar-refractivity contribution in [2.24, 2.45) is 0 Å². The van der Waals surface area contributed by atoms with Crippen LogP contribution in [0.5, 0.6) is 0 Å². The summed E-state index contributed by atoms with van der Waals surface area (Å²) in [5.41, 5.74) is 1.33. The van der Waals surface area contributed by atoms with Crippen LogP contribution < -0.4 is 5.32 Å². The second-order valence-corrected chi connectivity index (χ2v) is 7.18. The number of rotatable bonds is 4. The van der Waals surface area contributed by atoms with Gasteiger partial charge >= 0.3 is 0 Å². The number of nitrogens with one attached hydrogen (secondary N) is 1. The molecule has 2 heterocycles. The van der Waals surface area contributed by atoms with E-state index >= 15 is 0 Å². The van der Waals surface area contributed by atoms with Gasteiger partial charge in [-0.25, -0.2) is 8.78 Å². The van der Waals surface area contributed by atoms with Crippen LogP contribution >= 0.6 is 38.6 Å². The first-order valence-corrected chi connectivity index (χ1v) is 8.68. The van der Waals surface area contributed by atoms with Crippen molar-refractivity contribution in [2.45, 2.75) is 6.54 Å². The van der Waals surface area contributed by atoms with Gasteiger partial charge in [-0.15, -0.1) is 22.7 Å².